The molecule has 0 saturated heterocycles. The third-order valence-corrected chi connectivity index (χ3v) is 4.81. The molecule has 11 heteroatoms. The zero-order valence-corrected chi connectivity index (χ0v) is 14.7. The molecule has 0 aliphatic heterocycles. The molecule has 0 aromatic heterocycles. The smallest absolute Gasteiger partial charge is 0.422 e. The van der Waals surface area contributed by atoms with E-state index in [-0.39, 0.29) is 0 Å². The number of carbonyl (C=O) groups excluding carboxylic acids is 2. The van der Waals surface area contributed by atoms with Gasteiger partial charge < -0.3 is 9.84 Å². The molecule has 0 saturated carbocycles. The summed E-state index contributed by atoms with van der Waals surface area (Å²) in [6, 6.07) is 5.91. The van der Waals surface area contributed by atoms with Gasteiger partial charge in [-0.25, -0.2) is 13.2 Å². The standard InChI is InChI=1S/C15H16F3NO6S/c1-9(20)12(10(2)21)14(13(22)25-3,15(16,17)18)19-26(23,24)11-7-5-4-6-8-11/h4-8,19-20H,1-3H3/b12-9-/t14-/m1/s1. The van der Waals surface area contributed by atoms with Crippen molar-refractivity contribution in [1.29, 1.82) is 0 Å². The summed E-state index contributed by atoms with van der Waals surface area (Å²) >= 11 is 0. The van der Waals surface area contributed by atoms with Crippen molar-refractivity contribution in [3.8, 4) is 0 Å². The summed E-state index contributed by atoms with van der Waals surface area (Å²) in [6.45, 7) is 1.37. The van der Waals surface area contributed by atoms with Gasteiger partial charge in [0.2, 0.25) is 10.0 Å². The van der Waals surface area contributed by atoms with Crippen LogP contribution in [0.2, 0.25) is 0 Å². The maximum Gasteiger partial charge on any atom is 0.422 e. The quantitative estimate of drug-likeness (QED) is 0.432. The number of nitrogens with one attached hydrogen (secondary N) is 1. The third kappa shape index (κ3) is 3.88. The van der Waals surface area contributed by atoms with Crippen LogP contribution in [0.25, 0.3) is 0 Å². The van der Waals surface area contributed by atoms with E-state index >= 15 is 0 Å². The monoisotopic (exact) mass is 395 g/mol. The predicted molar refractivity (Wildman–Crippen MR) is 83.6 cm³/mol. The molecule has 1 aromatic carbocycles. The fourth-order valence-corrected chi connectivity index (χ4v) is 3.65. The van der Waals surface area contributed by atoms with Crippen LogP contribution in [-0.2, 0) is 24.3 Å². The van der Waals surface area contributed by atoms with Crippen molar-refractivity contribution >= 4 is 21.8 Å². The van der Waals surface area contributed by atoms with E-state index in [1.807, 2.05) is 0 Å². The summed E-state index contributed by atoms with van der Waals surface area (Å²) in [5, 5.41) is 9.61. The Hall–Kier alpha value is -2.40. The maximum atomic E-state index is 13.9. The molecule has 144 valence electrons. The maximum absolute atomic E-state index is 13.9. The van der Waals surface area contributed by atoms with Gasteiger partial charge in [0.25, 0.3) is 5.54 Å². The van der Waals surface area contributed by atoms with Crippen LogP contribution in [0.3, 0.4) is 0 Å². The van der Waals surface area contributed by atoms with Crippen LogP contribution in [0.4, 0.5) is 13.2 Å². The Bertz CT molecular complexity index is 829. The number of sulfonamides is 1. The van der Waals surface area contributed by atoms with Gasteiger partial charge in [-0.15, -0.1) is 0 Å². The second-order valence-corrected chi connectivity index (χ2v) is 6.86. The average Bonchev–Trinajstić information content (AvgIpc) is 2.52. The highest BCUT2D eigenvalue weighted by Crippen LogP contribution is 2.40. The van der Waals surface area contributed by atoms with Crippen LogP contribution >= 0.6 is 0 Å². The number of esters is 1. The molecular formula is C15H16F3NO6S. The summed E-state index contributed by atoms with van der Waals surface area (Å²) in [7, 11) is -4.35. The van der Waals surface area contributed by atoms with Crippen LogP contribution in [0, 0.1) is 0 Å². The van der Waals surface area contributed by atoms with Gasteiger partial charge in [-0.2, -0.15) is 17.9 Å². The van der Waals surface area contributed by atoms with Gasteiger partial charge in [0, 0.05) is 0 Å². The number of aliphatic hydroxyl groups is 1. The minimum absolute atomic E-state index is 0.587. The predicted octanol–water partition coefficient (Wildman–Crippen LogP) is 1.86. The van der Waals surface area contributed by atoms with Crippen molar-refractivity contribution in [2.24, 2.45) is 0 Å². The highest BCUT2D eigenvalue weighted by atomic mass is 32.2. The Morgan fingerprint density at radius 1 is 1.12 bits per heavy atom. The number of methoxy groups -OCH3 is 1. The van der Waals surface area contributed by atoms with E-state index in [4.69, 9.17) is 0 Å². The molecule has 0 bridgehead atoms. The van der Waals surface area contributed by atoms with E-state index in [1.54, 1.807) is 0 Å². The lowest BCUT2D eigenvalue weighted by Gasteiger charge is -2.34. The van der Waals surface area contributed by atoms with Gasteiger partial charge in [-0.1, -0.05) is 18.2 Å². The number of aliphatic hydroxyl groups excluding tert-OH is 1. The molecule has 0 unspecified atom stereocenters. The first-order valence-corrected chi connectivity index (χ1v) is 8.45. The fraction of sp³-hybridized carbons (Fsp3) is 0.333. The molecule has 2 N–H and O–H groups in total. The summed E-state index contributed by atoms with van der Waals surface area (Å²) in [4.78, 5) is 23.2. The molecule has 26 heavy (non-hydrogen) atoms. The van der Waals surface area contributed by atoms with Gasteiger partial charge in [-0.3, -0.25) is 4.79 Å². The first-order valence-electron chi connectivity index (χ1n) is 6.96. The van der Waals surface area contributed by atoms with E-state index in [0.717, 1.165) is 19.1 Å². The second kappa shape index (κ2) is 7.46. The zero-order chi connectivity index (χ0) is 20.3. The van der Waals surface area contributed by atoms with Crippen LogP contribution in [0.5, 0.6) is 0 Å². The van der Waals surface area contributed by atoms with Gasteiger partial charge >= 0.3 is 12.1 Å². The molecule has 0 fully saturated rings. The van der Waals surface area contributed by atoms with Crippen molar-refractivity contribution in [1.82, 2.24) is 4.72 Å². The first-order chi connectivity index (χ1) is 11.8. The van der Waals surface area contributed by atoms with Crippen LogP contribution in [-0.4, -0.2) is 44.1 Å². The molecule has 0 amide bonds. The van der Waals surface area contributed by atoms with Gasteiger partial charge in [-0.05, 0) is 26.0 Å². The highest BCUT2D eigenvalue weighted by molar-refractivity contribution is 7.89. The number of ketones is 1. The SMILES string of the molecule is COC(=O)[C@](NS(=O)(=O)c1ccccc1)(/C(C(C)=O)=C(/C)O)C(F)(F)F. The summed E-state index contributed by atoms with van der Waals surface area (Å²) in [5.74, 6) is -4.68. The average molecular weight is 395 g/mol. The third-order valence-electron chi connectivity index (χ3n) is 3.35. The lowest BCUT2D eigenvalue weighted by atomic mass is 9.86. The second-order valence-electron chi connectivity index (χ2n) is 5.17. The Morgan fingerprint density at radius 3 is 1.96 bits per heavy atom. The van der Waals surface area contributed by atoms with Crippen molar-refractivity contribution in [2.75, 3.05) is 7.11 Å². The fourth-order valence-electron chi connectivity index (χ4n) is 2.31. The first kappa shape index (κ1) is 21.6. The van der Waals surface area contributed by atoms with Crippen molar-refractivity contribution in [3.05, 3.63) is 41.7 Å². The number of Topliss-reactive ketones (excluding diaryl/α,β-unsaturated/α-hetero) is 1. The zero-order valence-electron chi connectivity index (χ0n) is 13.9. The van der Waals surface area contributed by atoms with E-state index in [9.17, 15) is 36.3 Å². The van der Waals surface area contributed by atoms with Gasteiger partial charge in [0.05, 0.1) is 23.3 Å². The summed E-state index contributed by atoms with van der Waals surface area (Å²) in [6.07, 6.45) is -5.65. The minimum atomic E-state index is -5.65. The Kier molecular flexibility index (Phi) is 6.21. The topological polar surface area (TPSA) is 110 Å². The number of benzene rings is 1. The van der Waals surface area contributed by atoms with Crippen molar-refractivity contribution in [2.45, 2.75) is 30.5 Å². The van der Waals surface area contributed by atoms with E-state index < -0.39 is 49.7 Å². The van der Waals surface area contributed by atoms with Crippen molar-refractivity contribution in [3.63, 3.8) is 0 Å². The molecule has 0 aliphatic carbocycles. The van der Waals surface area contributed by atoms with E-state index in [1.165, 1.54) is 22.9 Å². The summed E-state index contributed by atoms with van der Waals surface area (Å²) in [5.41, 5.74) is -5.61. The van der Waals surface area contributed by atoms with Crippen molar-refractivity contribution < 1.29 is 41.0 Å². The Morgan fingerprint density at radius 2 is 1.62 bits per heavy atom. The molecule has 0 heterocycles. The molecule has 7 nitrogen and oxygen atoms in total. The number of hydrogen-bond donors (Lipinski definition) is 2. The number of hydrogen-bond acceptors (Lipinski definition) is 6. The lowest BCUT2D eigenvalue weighted by molar-refractivity contribution is -0.200. The number of carbonyl (C=O) groups is 2. The molecule has 0 spiro atoms. The van der Waals surface area contributed by atoms with E-state index in [2.05, 4.69) is 4.74 Å². The molecule has 1 aromatic rings. The number of alkyl halides is 3. The molecule has 0 radical (unpaired) electrons. The molecule has 1 atom stereocenters. The normalized spacial score (nSPS) is 15.6. The lowest BCUT2D eigenvalue weighted by Crippen LogP contribution is -2.66. The number of ether oxygens (including phenoxy) is 1. The minimum Gasteiger partial charge on any atom is -0.512 e. The van der Waals surface area contributed by atoms with Gasteiger partial charge in [0.15, 0.2) is 5.78 Å². The molecule has 0 aliphatic rings. The summed E-state index contributed by atoms with van der Waals surface area (Å²) < 4.78 is 71.9. The van der Waals surface area contributed by atoms with Gasteiger partial charge in [0.1, 0.15) is 0 Å². The number of halogens is 3. The van der Waals surface area contributed by atoms with E-state index in [0.29, 0.717) is 14.0 Å². The highest BCUT2D eigenvalue weighted by Gasteiger charge is 2.67. The van der Waals surface area contributed by atoms with Crippen LogP contribution in [0.15, 0.2) is 46.6 Å². The van der Waals surface area contributed by atoms with Crippen LogP contribution in [0.1, 0.15) is 13.8 Å². The Balaban J connectivity index is 3.84. The van der Waals surface area contributed by atoms with Crippen LogP contribution < -0.4 is 4.72 Å². The molecular weight excluding hydrogens is 379 g/mol. The number of rotatable bonds is 6. The largest absolute Gasteiger partial charge is 0.512 e. The Labute approximate surface area is 147 Å². The molecule has 1 rings (SSSR count). The number of allylic oxidation sites excluding steroid dienone is 1.